The summed E-state index contributed by atoms with van der Waals surface area (Å²) in [5, 5.41) is 0. The molecule has 0 saturated carbocycles. The van der Waals surface area contributed by atoms with Crippen LogP contribution in [0.5, 0.6) is 0 Å². The first kappa shape index (κ1) is 7.92. The van der Waals surface area contributed by atoms with Gasteiger partial charge in [0.25, 0.3) is 5.92 Å². The quantitative estimate of drug-likeness (QED) is 0.576. The van der Waals surface area contributed by atoms with Crippen molar-refractivity contribution in [3.05, 3.63) is 0 Å². The van der Waals surface area contributed by atoms with Crippen molar-refractivity contribution < 1.29 is 8.78 Å². The Morgan fingerprint density at radius 3 is 2.20 bits per heavy atom. The van der Waals surface area contributed by atoms with Crippen LogP contribution in [0.15, 0.2) is 0 Å². The third kappa shape index (κ3) is 1.90. The van der Waals surface area contributed by atoms with Crippen LogP contribution in [0.1, 0.15) is 13.8 Å². The van der Waals surface area contributed by atoms with Crippen LogP contribution in [-0.4, -0.2) is 30.5 Å². The van der Waals surface area contributed by atoms with Gasteiger partial charge in [0, 0.05) is 6.54 Å². The number of rotatable bonds is 2. The number of hydrogen-bond acceptors (Lipinski definition) is 1. The molecule has 60 valence electrons. The molecule has 0 radical (unpaired) electrons. The minimum absolute atomic E-state index is 0.0365. The Kier molecular flexibility index (Phi) is 1.95. The second kappa shape index (κ2) is 2.46. The third-order valence-corrected chi connectivity index (χ3v) is 1.53. The van der Waals surface area contributed by atoms with Gasteiger partial charge in [0.1, 0.15) is 0 Å². The average Bonchev–Trinajstić information content (AvgIpc) is 1.57. The lowest BCUT2D eigenvalue weighted by molar-refractivity contribution is -0.133. The predicted octanol–water partition coefficient (Wildman–Crippen LogP) is 1.59. The van der Waals surface area contributed by atoms with Gasteiger partial charge in [0.05, 0.1) is 13.1 Å². The molecule has 10 heavy (non-hydrogen) atoms. The van der Waals surface area contributed by atoms with Crippen LogP contribution in [0.25, 0.3) is 0 Å². The second-order valence-corrected chi connectivity index (χ2v) is 3.42. The normalized spacial score (nSPS) is 24.9. The summed E-state index contributed by atoms with van der Waals surface area (Å²) >= 11 is 0. The van der Waals surface area contributed by atoms with Crippen molar-refractivity contribution in [1.29, 1.82) is 0 Å². The van der Waals surface area contributed by atoms with Crippen molar-refractivity contribution in [3.63, 3.8) is 0 Å². The Bertz CT molecular complexity index is 112. The van der Waals surface area contributed by atoms with E-state index in [1.54, 1.807) is 4.90 Å². The van der Waals surface area contributed by atoms with Gasteiger partial charge in [-0.1, -0.05) is 13.8 Å². The van der Waals surface area contributed by atoms with Gasteiger partial charge in [-0.3, -0.25) is 4.90 Å². The van der Waals surface area contributed by atoms with Crippen molar-refractivity contribution in [3.8, 4) is 0 Å². The number of nitrogens with zero attached hydrogens (tertiary/aromatic N) is 1. The van der Waals surface area contributed by atoms with Gasteiger partial charge in [-0.15, -0.1) is 0 Å². The Morgan fingerprint density at radius 2 is 1.90 bits per heavy atom. The summed E-state index contributed by atoms with van der Waals surface area (Å²) in [7, 11) is 0. The fourth-order valence-corrected chi connectivity index (χ4v) is 1.25. The van der Waals surface area contributed by atoms with Gasteiger partial charge < -0.3 is 0 Å². The van der Waals surface area contributed by atoms with E-state index in [0.717, 1.165) is 6.54 Å². The number of hydrogen-bond donors (Lipinski definition) is 0. The van der Waals surface area contributed by atoms with Crippen LogP contribution >= 0.6 is 0 Å². The van der Waals surface area contributed by atoms with E-state index in [2.05, 4.69) is 0 Å². The van der Waals surface area contributed by atoms with Crippen LogP contribution in [0.3, 0.4) is 0 Å². The highest BCUT2D eigenvalue weighted by Gasteiger charge is 2.43. The first-order valence-corrected chi connectivity index (χ1v) is 3.60. The zero-order valence-corrected chi connectivity index (χ0v) is 6.40. The molecule has 0 amide bonds. The largest absolute Gasteiger partial charge is 0.291 e. The lowest BCUT2D eigenvalue weighted by Crippen LogP contribution is -2.56. The van der Waals surface area contributed by atoms with Crippen LogP contribution in [0.2, 0.25) is 0 Å². The average molecular weight is 149 g/mol. The number of halogens is 2. The molecular formula is C7H13F2N. The van der Waals surface area contributed by atoms with Gasteiger partial charge in [0.15, 0.2) is 0 Å². The molecule has 1 nitrogen and oxygen atoms in total. The maximum atomic E-state index is 12.2. The molecule has 0 aromatic heterocycles. The first-order chi connectivity index (χ1) is 4.49. The molecule has 0 aliphatic carbocycles. The molecule has 0 N–H and O–H groups in total. The molecule has 3 heteroatoms. The zero-order chi connectivity index (χ0) is 7.78. The second-order valence-electron chi connectivity index (χ2n) is 3.42. The number of likely N-dealkylation sites (tertiary alicyclic amines) is 1. The van der Waals surface area contributed by atoms with Crippen LogP contribution in [-0.2, 0) is 0 Å². The SMILES string of the molecule is CC(C)CN1CC(F)(F)C1. The molecule has 0 unspecified atom stereocenters. The monoisotopic (exact) mass is 149 g/mol. The van der Waals surface area contributed by atoms with Crippen molar-refractivity contribution in [1.82, 2.24) is 4.90 Å². The van der Waals surface area contributed by atoms with Gasteiger partial charge in [-0.2, -0.15) is 0 Å². The molecule has 1 rings (SSSR count). The summed E-state index contributed by atoms with van der Waals surface area (Å²) in [4.78, 5) is 1.78. The fourth-order valence-electron chi connectivity index (χ4n) is 1.25. The smallest absolute Gasteiger partial charge is 0.272 e. The van der Waals surface area contributed by atoms with Crippen LogP contribution in [0.4, 0.5) is 8.78 Å². The summed E-state index contributed by atoms with van der Waals surface area (Å²) in [6.07, 6.45) is 0. The Hall–Kier alpha value is -0.180. The van der Waals surface area contributed by atoms with Gasteiger partial charge in [-0.25, -0.2) is 8.78 Å². The lowest BCUT2D eigenvalue weighted by atomic mass is 10.1. The first-order valence-electron chi connectivity index (χ1n) is 3.60. The van der Waals surface area contributed by atoms with E-state index in [1.807, 2.05) is 13.8 Å². The fraction of sp³-hybridized carbons (Fsp3) is 1.00. The third-order valence-electron chi connectivity index (χ3n) is 1.53. The van der Waals surface area contributed by atoms with E-state index < -0.39 is 5.92 Å². The molecule has 0 bridgehead atoms. The zero-order valence-electron chi connectivity index (χ0n) is 6.40. The Balaban J connectivity index is 2.15. The van der Waals surface area contributed by atoms with Gasteiger partial charge in [0.2, 0.25) is 0 Å². The van der Waals surface area contributed by atoms with E-state index in [-0.39, 0.29) is 13.1 Å². The van der Waals surface area contributed by atoms with Gasteiger partial charge >= 0.3 is 0 Å². The van der Waals surface area contributed by atoms with Crippen LogP contribution < -0.4 is 0 Å². The van der Waals surface area contributed by atoms with E-state index >= 15 is 0 Å². The standard InChI is InChI=1S/C7H13F2N/c1-6(2)3-10-4-7(8,9)5-10/h6H,3-5H2,1-2H3. The molecule has 0 aromatic rings. The van der Waals surface area contributed by atoms with Gasteiger partial charge in [-0.05, 0) is 5.92 Å². The Labute approximate surface area is 60.0 Å². The highest BCUT2D eigenvalue weighted by molar-refractivity contribution is 4.86. The molecule has 1 saturated heterocycles. The summed E-state index contributed by atoms with van der Waals surface area (Å²) < 4.78 is 24.4. The van der Waals surface area contributed by atoms with Crippen LogP contribution in [0, 0.1) is 5.92 Å². The highest BCUT2D eigenvalue weighted by Crippen LogP contribution is 2.26. The minimum Gasteiger partial charge on any atom is -0.291 e. The van der Waals surface area contributed by atoms with Crippen molar-refractivity contribution in [2.75, 3.05) is 19.6 Å². The van der Waals surface area contributed by atoms with E-state index in [1.165, 1.54) is 0 Å². The summed E-state index contributed by atoms with van der Waals surface area (Å²) in [5.41, 5.74) is 0. The van der Waals surface area contributed by atoms with Crippen molar-refractivity contribution >= 4 is 0 Å². The highest BCUT2D eigenvalue weighted by atomic mass is 19.3. The minimum atomic E-state index is -2.39. The van der Waals surface area contributed by atoms with E-state index in [9.17, 15) is 8.78 Å². The van der Waals surface area contributed by atoms with E-state index in [0.29, 0.717) is 5.92 Å². The summed E-state index contributed by atoms with van der Waals surface area (Å²) in [6, 6.07) is 0. The molecule has 0 spiro atoms. The van der Waals surface area contributed by atoms with E-state index in [4.69, 9.17) is 0 Å². The topological polar surface area (TPSA) is 3.24 Å². The Morgan fingerprint density at radius 1 is 1.40 bits per heavy atom. The molecule has 1 fully saturated rings. The molecule has 0 atom stereocenters. The lowest BCUT2D eigenvalue weighted by Gasteiger charge is -2.39. The maximum absolute atomic E-state index is 12.2. The molecule has 1 aliphatic rings. The van der Waals surface area contributed by atoms with Crippen molar-refractivity contribution in [2.24, 2.45) is 5.92 Å². The number of alkyl halides is 2. The predicted molar refractivity (Wildman–Crippen MR) is 36.2 cm³/mol. The molecule has 0 aromatic carbocycles. The summed E-state index contributed by atoms with van der Waals surface area (Å²) in [5.74, 6) is -1.90. The van der Waals surface area contributed by atoms with Crippen molar-refractivity contribution in [2.45, 2.75) is 19.8 Å². The molecule has 1 aliphatic heterocycles. The maximum Gasteiger partial charge on any atom is 0.272 e. The molecular weight excluding hydrogens is 136 g/mol. The summed E-state index contributed by atoms with van der Waals surface area (Å²) in [6.45, 7) is 4.80. The molecule has 1 heterocycles.